The van der Waals surface area contributed by atoms with Crippen molar-refractivity contribution in [2.75, 3.05) is 0 Å². The minimum absolute atomic E-state index is 0.565. The Bertz CT molecular complexity index is 170. The molecule has 2 saturated carbocycles. The molecule has 1 heteroatoms. The van der Waals surface area contributed by atoms with Crippen LogP contribution in [0.25, 0.3) is 0 Å². The molecule has 2 rings (SSSR count). The van der Waals surface area contributed by atoms with Crippen LogP contribution in [0.4, 0.5) is 0 Å². The topological polar surface area (TPSA) is 0 Å². The lowest BCUT2D eigenvalue weighted by atomic mass is 9.63. The van der Waals surface area contributed by atoms with Crippen molar-refractivity contribution < 1.29 is 0 Å². The molecule has 13 heavy (non-hydrogen) atoms. The summed E-state index contributed by atoms with van der Waals surface area (Å²) in [7, 11) is 6.01. The average molecular weight is 176 g/mol. The van der Waals surface area contributed by atoms with E-state index in [1.165, 1.54) is 44.9 Å². The van der Waals surface area contributed by atoms with E-state index in [2.05, 4.69) is 6.92 Å². The van der Waals surface area contributed by atoms with Crippen LogP contribution in [0.5, 0.6) is 0 Å². The molecular formula is C12H21B. The van der Waals surface area contributed by atoms with E-state index in [4.69, 9.17) is 7.85 Å². The summed E-state index contributed by atoms with van der Waals surface area (Å²) < 4.78 is 0. The fraction of sp³-hybridized carbons (Fsp3) is 1.00. The monoisotopic (exact) mass is 176 g/mol. The van der Waals surface area contributed by atoms with Crippen LogP contribution in [0.2, 0.25) is 6.32 Å². The molecule has 0 aromatic heterocycles. The van der Waals surface area contributed by atoms with E-state index >= 15 is 0 Å². The Morgan fingerprint density at radius 1 is 1.15 bits per heavy atom. The van der Waals surface area contributed by atoms with Crippen LogP contribution in [0.15, 0.2) is 0 Å². The van der Waals surface area contributed by atoms with Crippen molar-refractivity contribution in [3.8, 4) is 0 Å². The van der Waals surface area contributed by atoms with Crippen LogP contribution in [0, 0.1) is 17.3 Å². The van der Waals surface area contributed by atoms with Crippen LogP contribution >= 0.6 is 0 Å². The number of hydrogen-bond donors (Lipinski definition) is 0. The Balaban J connectivity index is 2.10. The molecule has 0 spiro atoms. The molecule has 0 aromatic carbocycles. The zero-order chi connectivity index (χ0) is 9.31. The van der Waals surface area contributed by atoms with E-state index in [9.17, 15) is 0 Å². The maximum Gasteiger partial charge on any atom is 0.0660 e. The lowest BCUT2D eigenvalue weighted by Crippen LogP contribution is -2.29. The molecule has 0 bridgehead atoms. The van der Waals surface area contributed by atoms with Gasteiger partial charge in [0.05, 0.1) is 7.85 Å². The first-order chi connectivity index (χ1) is 6.28. The van der Waals surface area contributed by atoms with Gasteiger partial charge in [0.1, 0.15) is 0 Å². The van der Waals surface area contributed by atoms with Crippen LogP contribution in [0.3, 0.4) is 0 Å². The highest BCUT2D eigenvalue weighted by Crippen LogP contribution is 2.54. The third-order valence-electron chi connectivity index (χ3n) is 4.65. The number of hydrogen-bond acceptors (Lipinski definition) is 0. The van der Waals surface area contributed by atoms with Gasteiger partial charge in [-0.2, -0.15) is 0 Å². The summed E-state index contributed by atoms with van der Waals surface area (Å²) in [6.45, 7) is 2.44. The van der Waals surface area contributed by atoms with Crippen LogP contribution < -0.4 is 0 Å². The standard InChI is InChI=1S/C12H21B/c1-10-5-4-6-11(10)12(9-13)7-2-3-8-12/h10-11H,2-9H2,1H3. The third-order valence-corrected chi connectivity index (χ3v) is 4.65. The third kappa shape index (κ3) is 1.55. The minimum atomic E-state index is 0.565. The zero-order valence-electron chi connectivity index (χ0n) is 8.89. The SMILES string of the molecule is [B]CC1(C2CCCC2C)CCCC1. The van der Waals surface area contributed by atoms with Crippen LogP contribution in [-0.2, 0) is 0 Å². The quantitative estimate of drug-likeness (QED) is 0.564. The van der Waals surface area contributed by atoms with Crippen LogP contribution in [0.1, 0.15) is 51.9 Å². The summed E-state index contributed by atoms with van der Waals surface area (Å²) in [6.07, 6.45) is 11.0. The minimum Gasteiger partial charge on any atom is -0.0829 e. The van der Waals surface area contributed by atoms with Gasteiger partial charge in [-0.1, -0.05) is 38.9 Å². The predicted molar refractivity (Wildman–Crippen MR) is 58.0 cm³/mol. The molecule has 0 amide bonds. The lowest BCUT2D eigenvalue weighted by molar-refractivity contribution is 0.156. The van der Waals surface area contributed by atoms with Gasteiger partial charge in [-0.15, -0.1) is 0 Å². The second-order valence-corrected chi connectivity index (χ2v) is 5.29. The maximum absolute atomic E-state index is 6.01. The highest BCUT2D eigenvalue weighted by atomic mass is 14.5. The Morgan fingerprint density at radius 2 is 1.85 bits per heavy atom. The second-order valence-electron chi connectivity index (χ2n) is 5.29. The van der Waals surface area contributed by atoms with E-state index in [0.717, 1.165) is 18.2 Å². The van der Waals surface area contributed by atoms with Gasteiger partial charge in [-0.25, -0.2) is 0 Å². The van der Waals surface area contributed by atoms with Crippen LogP contribution in [-0.4, -0.2) is 7.85 Å². The van der Waals surface area contributed by atoms with E-state index in [0.29, 0.717) is 5.41 Å². The predicted octanol–water partition coefficient (Wildman–Crippen LogP) is 3.57. The summed E-state index contributed by atoms with van der Waals surface area (Å²) in [6, 6.07) is 0. The molecule has 0 nitrogen and oxygen atoms in total. The molecule has 0 saturated heterocycles. The van der Waals surface area contributed by atoms with Gasteiger partial charge in [0.25, 0.3) is 0 Å². The van der Waals surface area contributed by atoms with Gasteiger partial charge in [-0.05, 0) is 36.5 Å². The molecule has 2 aliphatic carbocycles. The van der Waals surface area contributed by atoms with Gasteiger partial charge in [0.2, 0.25) is 0 Å². The summed E-state index contributed by atoms with van der Waals surface area (Å²) in [4.78, 5) is 0. The number of rotatable bonds is 2. The zero-order valence-corrected chi connectivity index (χ0v) is 8.89. The largest absolute Gasteiger partial charge is 0.0829 e. The van der Waals surface area contributed by atoms with Gasteiger partial charge >= 0.3 is 0 Å². The normalized spacial score (nSPS) is 38.2. The fourth-order valence-corrected chi connectivity index (χ4v) is 3.86. The molecule has 0 aliphatic heterocycles. The van der Waals surface area contributed by atoms with Crippen molar-refractivity contribution in [3.05, 3.63) is 0 Å². The molecule has 0 heterocycles. The van der Waals surface area contributed by atoms with Gasteiger partial charge in [0, 0.05) is 0 Å². The van der Waals surface area contributed by atoms with E-state index in [-0.39, 0.29) is 0 Å². The van der Waals surface area contributed by atoms with Crippen molar-refractivity contribution in [3.63, 3.8) is 0 Å². The molecule has 72 valence electrons. The van der Waals surface area contributed by atoms with Crippen molar-refractivity contribution in [2.45, 2.75) is 58.2 Å². The van der Waals surface area contributed by atoms with Gasteiger partial charge < -0.3 is 0 Å². The molecule has 2 fully saturated rings. The summed E-state index contributed by atoms with van der Waals surface area (Å²) >= 11 is 0. The summed E-state index contributed by atoms with van der Waals surface area (Å²) in [5, 5.41) is 0. The molecule has 2 unspecified atom stereocenters. The van der Waals surface area contributed by atoms with Crippen molar-refractivity contribution >= 4 is 7.85 Å². The highest BCUT2D eigenvalue weighted by Gasteiger charge is 2.43. The van der Waals surface area contributed by atoms with Gasteiger partial charge in [-0.3, -0.25) is 0 Å². The Hall–Kier alpha value is 0.0649. The highest BCUT2D eigenvalue weighted by molar-refractivity contribution is 6.09. The van der Waals surface area contributed by atoms with E-state index in [1.54, 1.807) is 0 Å². The molecule has 2 radical (unpaired) electrons. The van der Waals surface area contributed by atoms with Crippen molar-refractivity contribution in [1.29, 1.82) is 0 Å². The molecular weight excluding hydrogens is 155 g/mol. The summed E-state index contributed by atoms with van der Waals surface area (Å²) in [5.41, 5.74) is 0.565. The first-order valence-electron chi connectivity index (χ1n) is 5.98. The summed E-state index contributed by atoms with van der Waals surface area (Å²) in [5.74, 6) is 1.90. The first-order valence-corrected chi connectivity index (χ1v) is 5.98. The maximum atomic E-state index is 6.01. The molecule has 2 aliphatic rings. The second kappa shape index (κ2) is 3.67. The Labute approximate surface area is 83.9 Å². The molecule has 0 N–H and O–H groups in total. The molecule has 0 aromatic rings. The van der Waals surface area contributed by atoms with E-state index in [1.807, 2.05) is 0 Å². The Kier molecular flexibility index (Phi) is 2.71. The molecule has 2 atom stereocenters. The first kappa shape index (κ1) is 9.61. The van der Waals surface area contributed by atoms with Gasteiger partial charge in [0.15, 0.2) is 0 Å². The van der Waals surface area contributed by atoms with E-state index < -0.39 is 0 Å². The Morgan fingerprint density at radius 3 is 2.31 bits per heavy atom. The van der Waals surface area contributed by atoms with Crippen molar-refractivity contribution in [2.24, 2.45) is 17.3 Å². The average Bonchev–Trinajstić information content (AvgIpc) is 2.73. The lowest BCUT2D eigenvalue weighted by Gasteiger charge is -2.37. The smallest absolute Gasteiger partial charge is 0.0660 e. The van der Waals surface area contributed by atoms with Crippen molar-refractivity contribution in [1.82, 2.24) is 0 Å². The fourth-order valence-electron chi connectivity index (χ4n) is 3.86.